The molecule has 1 amide bonds. The van der Waals surface area contributed by atoms with E-state index in [9.17, 15) is 9.18 Å². The van der Waals surface area contributed by atoms with E-state index in [0.717, 1.165) is 43.3 Å². The van der Waals surface area contributed by atoms with Crippen molar-refractivity contribution in [2.45, 2.75) is 25.2 Å². The van der Waals surface area contributed by atoms with Gasteiger partial charge >= 0.3 is 0 Å². The number of aromatic amines is 1. The number of nitriles is 1. The normalized spacial score (nSPS) is 20.8. The van der Waals surface area contributed by atoms with E-state index in [1.54, 1.807) is 10.7 Å². The first-order valence-electron chi connectivity index (χ1n) is 8.51. The number of imidazole rings is 1. The standard InChI is InChI=1S/C18H19FN6O/c1-18(3-6-24(10-18)5-2-4-20)13-9-22-25-15-12(16(21)26)7-11(19)8-14(15)23-17(13)25/h7-9,23H,2-3,5-6,10H2,1H3,(H2,21,26). The quantitative estimate of drug-likeness (QED) is 0.747. The number of benzene rings is 1. The first-order chi connectivity index (χ1) is 12.4. The lowest BCUT2D eigenvalue weighted by atomic mass is 9.83. The van der Waals surface area contributed by atoms with Gasteiger partial charge in [-0.25, -0.2) is 8.91 Å². The maximum absolute atomic E-state index is 13.8. The van der Waals surface area contributed by atoms with Crippen LogP contribution in [-0.2, 0) is 5.41 Å². The molecule has 0 radical (unpaired) electrons. The summed E-state index contributed by atoms with van der Waals surface area (Å²) in [5, 5.41) is 13.2. The molecule has 1 aromatic carbocycles. The third kappa shape index (κ3) is 2.44. The summed E-state index contributed by atoms with van der Waals surface area (Å²) >= 11 is 0. The van der Waals surface area contributed by atoms with Crippen LogP contribution >= 0.6 is 0 Å². The Morgan fingerprint density at radius 1 is 1.54 bits per heavy atom. The van der Waals surface area contributed by atoms with Crippen molar-refractivity contribution < 1.29 is 9.18 Å². The number of aromatic nitrogens is 3. The summed E-state index contributed by atoms with van der Waals surface area (Å²) in [5.41, 5.74) is 8.14. The van der Waals surface area contributed by atoms with Crippen LogP contribution in [0, 0.1) is 17.1 Å². The van der Waals surface area contributed by atoms with Gasteiger partial charge in [-0.1, -0.05) is 6.92 Å². The van der Waals surface area contributed by atoms with Gasteiger partial charge in [-0.2, -0.15) is 10.4 Å². The second-order valence-electron chi connectivity index (χ2n) is 7.15. The van der Waals surface area contributed by atoms with Crippen molar-refractivity contribution in [3.05, 3.63) is 35.3 Å². The molecule has 2 aromatic heterocycles. The number of nitrogens with one attached hydrogen (secondary N) is 1. The van der Waals surface area contributed by atoms with E-state index in [1.165, 1.54) is 6.07 Å². The molecule has 1 unspecified atom stereocenters. The molecular weight excluding hydrogens is 335 g/mol. The maximum atomic E-state index is 13.8. The zero-order valence-corrected chi connectivity index (χ0v) is 14.4. The molecule has 1 fully saturated rings. The highest BCUT2D eigenvalue weighted by Gasteiger charge is 2.38. The monoisotopic (exact) mass is 354 g/mol. The number of halogens is 1. The summed E-state index contributed by atoms with van der Waals surface area (Å²) in [6, 6.07) is 4.67. The number of carbonyl (C=O) groups is 1. The third-order valence-corrected chi connectivity index (χ3v) is 5.32. The number of nitrogens with two attached hydrogens (primary N) is 1. The number of likely N-dealkylation sites (tertiary alicyclic amines) is 1. The first-order valence-corrected chi connectivity index (χ1v) is 8.51. The molecule has 0 bridgehead atoms. The first kappa shape index (κ1) is 16.5. The van der Waals surface area contributed by atoms with Crippen molar-refractivity contribution >= 4 is 22.6 Å². The summed E-state index contributed by atoms with van der Waals surface area (Å²) < 4.78 is 15.5. The number of nitrogens with zero attached hydrogens (tertiary/aromatic N) is 4. The molecule has 1 atom stereocenters. The fraction of sp³-hybridized carbons (Fsp3) is 0.389. The Morgan fingerprint density at radius 2 is 2.35 bits per heavy atom. The Hall–Kier alpha value is -2.92. The minimum atomic E-state index is -0.692. The number of H-pyrrole nitrogens is 1. The Labute approximate surface area is 149 Å². The predicted molar refractivity (Wildman–Crippen MR) is 94.2 cm³/mol. The predicted octanol–water partition coefficient (Wildman–Crippen LogP) is 1.93. The summed E-state index contributed by atoms with van der Waals surface area (Å²) in [4.78, 5) is 17.2. The number of hydrogen-bond acceptors (Lipinski definition) is 4. The molecule has 0 aliphatic carbocycles. The summed E-state index contributed by atoms with van der Waals surface area (Å²) in [6.45, 7) is 4.65. The Morgan fingerprint density at radius 3 is 3.08 bits per heavy atom. The average molecular weight is 354 g/mol. The smallest absolute Gasteiger partial charge is 0.251 e. The summed E-state index contributed by atoms with van der Waals surface area (Å²) in [7, 11) is 0. The average Bonchev–Trinajstić information content (AvgIpc) is 3.25. The van der Waals surface area contributed by atoms with Crippen LogP contribution in [0.25, 0.3) is 16.7 Å². The van der Waals surface area contributed by atoms with Crippen LogP contribution in [0.2, 0.25) is 0 Å². The number of primary amides is 1. The molecule has 26 heavy (non-hydrogen) atoms. The van der Waals surface area contributed by atoms with Crippen molar-refractivity contribution in [1.82, 2.24) is 19.5 Å². The van der Waals surface area contributed by atoms with Gasteiger partial charge in [0.25, 0.3) is 5.91 Å². The molecule has 7 nitrogen and oxygen atoms in total. The van der Waals surface area contributed by atoms with Crippen molar-refractivity contribution in [3.63, 3.8) is 0 Å². The molecule has 1 aliphatic heterocycles. The van der Waals surface area contributed by atoms with Gasteiger partial charge in [-0.05, 0) is 25.1 Å². The SMILES string of the molecule is CC1(c2cnn3c2[nH]c2cc(F)cc(C(N)=O)c23)CCN(CCC#N)C1. The van der Waals surface area contributed by atoms with Gasteiger partial charge in [0.1, 0.15) is 17.0 Å². The second kappa shape index (κ2) is 5.81. The lowest BCUT2D eigenvalue weighted by molar-refractivity contribution is 0.100. The number of amides is 1. The molecule has 1 saturated heterocycles. The Bertz CT molecular complexity index is 1060. The highest BCUT2D eigenvalue weighted by Crippen LogP contribution is 2.37. The summed E-state index contributed by atoms with van der Waals surface area (Å²) in [5.74, 6) is -1.21. The third-order valence-electron chi connectivity index (χ3n) is 5.32. The van der Waals surface area contributed by atoms with E-state index in [2.05, 4.69) is 28.0 Å². The molecule has 3 heterocycles. The minimum Gasteiger partial charge on any atom is -0.366 e. The van der Waals surface area contributed by atoms with E-state index in [4.69, 9.17) is 11.0 Å². The van der Waals surface area contributed by atoms with Crippen LogP contribution in [0.15, 0.2) is 18.3 Å². The van der Waals surface area contributed by atoms with Crippen molar-refractivity contribution in [1.29, 1.82) is 5.26 Å². The number of fused-ring (bicyclic) bond motifs is 3. The van der Waals surface area contributed by atoms with Crippen LogP contribution in [0.5, 0.6) is 0 Å². The molecule has 0 spiro atoms. The lowest BCUT2D eigenvalue weighted by Crippen LogP contribution is -2.28. The zero-order chi connectivity index (χ0) is 18.5. The molecule has 3 aromatic rings. The zero-order valence-electron chi connectivity index (χ0n) is 14.4. The van der Waals surface area contributed by atoms with Crippen molar-refractivity contribution in [2.24, 2.45) is 5.73 Å². The molecule has 3 N–H and O–H groups in total. The molecule has 134 valence electrons. The van der Waals surface area contributed by atoms with E-state index >= 15 is 0 Å². The van der Waals surface area contributed by atoms with Crippen LogP contribution in [-0.4, -0.2) is 45.0 Å². The van der Waals surface area contributed by atoms with Gasteiger partial charge in [0, 0.05) is 30.5 Å². The lowest BCUT2D eigenvalue weighted by Gasteiger charge is -2.23. The maximum Gasteiger partial charge on any atom is 0.251 e. The van der Waals surface area contributed by atoms with E-state index in [0.29, 0.717) is 17.5 Å². The van der Waals surface area contributed by atoms with Gasteiger partial charge in [0.15, 0.2) is 0 Å². The fourth-order valence-electron chi connectivity index (χ4n) is 3.99. The van der Waals surface area contributed by atoms with E-state index in [-0.39, 0.29) is 11.0 Å². The van der Waals surface area contributed by atoms with Gasteiger partial charge in [0.05, 0.1) is 23.3 Å². The van der Waals surface area contributed by atoms with Crippen LogP contribution < -0.4 is 5.73 Å². The second-order valence-corrected chi connectivity index (χ2v) is 7.15. The van der Waals surface area contributed by atoms with Gasteiger partial charge in [-0.15, -0.1) is 0 Å². The van der Waals surface area contributed by atoms with Crippen LogP contribution in [0.3, 0.4) is 0 Å². The number of hydrogen-bond donors (Lipinski definition) is 2. The van der Waals surface area contributed by atoms with E-state index < -0.39 is 11.7 Å². The van der Waals surface area contributed by atoms with Gasteiger partial charge in [0.2, 0.25) is 0 Å². The van der Waals surface area contributed by atoms with Crippen molar-refractivity contribution in [3.8, 4) is 6.07 Å². The molecular formula is C18H19FN6O. The molecule has 0 saturated carbocycles. The van der Waals surface area contributed by atoms with Crippen LogP contribution in [0.1, 0.15) is 35.7 Å². The van der Waals surface area contributed by atoms with Gasteiger partial charge in [-0.3, -0.25) is 4.79 Å². The molecule has 1 aliphatic rings. The van der Waals surface area contributed by atoms with Gasteiger partial charge < -0.3 is 15.6 Å². The molecule has 4 rings (SSSR count). The number of carbonyl (C=O) groups excluding carboxylic acids is 1. The van der Waals surface area contributed by atoms with Crippen molar-refractivity contribution in [2.75, 3.05) is 19.6 Å². The summed E-state index contributed by atoms with van der Waals surface area (Å²) in [6.07, 6.45) is 3.24. The topological polar surface area (TPSA) is 103 Å². The van der Waals surface area contributed by atoms with E-state index in [1.807, 2.05) is 0 Å². The largest absolute Gasteiger partial charge is 0.366 e. The fourth-order valence-corrected chi connectivity index (χ4v) is 3.99. The highest BCUT2D eigenvalue weighted by atomic mass is 19.1. The number of rotatable bonds is 4. The Kier molecular flexibility index (Phi) is 3.70. The van der Waals surface area contributed by atoms with Crippen LogP contribution in [0.4, 0.5) is 4.39 Å². The highest BCUT2D eigenvalue weighted by molar-refractivity contribution is 6.05. The molecule has 8 heteroatoms. The minimum absolute atomic E-state index is 0.105. The Balaban J connectivity index is 1.82.